The Morgan fingerprint density at radius 1 is 1.06 bits per heavy atom. The number of halogens is 3. The van der Waals surface area contributed by atoms with Gasteiger partial charge in [0.1, 0.15) is 40.7 Å². The van der Waals surface area contributed by atoms with Crippen LogP contribution in [0, 0.1) is 23.4 Å². The molecule has 0 saturated carbocycles. The number of thioether (sulfide) groups is 1. The number of aromatic carboxylic acids is 1. The van der Waals surface area contributed by atoms with Gasteiger partial charge in [-0.15, -0.1) is 0 Å². The van der Waals surface area contributed by atoms with Gasteiger partial charge in [-0.25, -0.2) is 27.6 Å². The Morgan fingerprint density at radius 2 is 1.79 bits per heavy atom. The number of nitrogens with one attached hydrogen (secondary N) is 1. The van der Waals surface area contributed by atoms with Gasteiger partial charge >= 0.3 is 18.0 Å². The smallest absolute Gasteiger partial charge is 0.407 e. The number of aliphatic hydroxyl groups excluding tert-OH is 1. The van der Waals surface area contributed by atoms with Crippen LogP contribution in [-0.2, 0) is 14.3 Å². The van der Waals surface area contributed by atoms with Crippen LogP contribution in [0.4, 0.5) is 23.7 Å². The summed E-state index contributed by atoms with van der Waals surface area (Å²) in [6.07, 6.45) is -0.691. The fraction of sp³-hybridized carbons (Fsp3) is 0.300. The first-order valence-corrected chi connectivity index (χ1v) is 15.0. The van der Waals surface area contributed by atoms with Crippen LogP contribution < -0.4 is 15.6 Å². The van der Waals surface area contributed by atoms with Crippen molar-refractivity contribution in [2.75, 3.05) is 24.6 Å². The zero-order chi connectivity index (χ0) is 33.9. The number of carbonyl (C=O) groups is 4. The molecule has 2 fully saturated rings. The van der Waals surface area contributed by atoms with Crippen molar-refractivity contribution < 1.29 is 52.4 Å². The van der Waals surface area contributed by atoms with Crippen molar-refractivity contribution in [2.24, 2.45) is 5.92 Å². The zero-order valence-electron chi connectivity index (χ0n) is 24.3. The molecular formula is C30H25F3N4O9S. The lowest BCUT2D eigenvalue weighted by Gasteiger charge is -2.43. The molecule has 2 amide bonds. The van der Waals surface area contributed by atoms with Crippen LogP contribution in [-0.4, -0.2) is 85.9 Å². The van der Waals surface area contributed by atoms with E-state index >= 15 is 4.39 Å². The second-order valence-electron chi connectivity index (χ2n) is 11.2. The Bertz CT molecular complexity index is 1970. The number of ether oxygens (including phenoxy) is 1. The number of rotatable bonds is 8. The maximum atomic E-state index is 15.4. The third kappa shape index (κ3) is 5.54. The minimum Gasteiger partial charge on any atom is -0.477 e. The molecule has 0 spiro atoms. The van der Waals surface area contributed by atoms with Crippen LogP contribution in [0.5, 0.6) is 0 Å². The van der Waals surface area contributed by atoms with Gasteiger partial charge < -0.3 is 34.8 Å². The van der Waals surface area contributed by atoms with Gasteiger partial charge in [0.25, 0.3) is 0 Å². The fourth-order valence-electron chi connectivity index (χ4n) is 6.00. The highest BCUT2D eigenvalue weighted by molar-refractivity contribution is 8.04. The number of hydrogen-bond donors (Lipinski definition) is 4. The number of carbonyl (C=O) groups excluding carboxylic acids is 2. The molecule has 47 heavy (non-hydrogen) atoms. The lowest BCUT2D eigenvalue weighted by atomic mass is 9.92. The number of carboxylic acid groups (broad SMARTS) is 2. The van der Waals surface area contributed by atoms with E-state index in [0.717, 1.165) is 45.6 Å². The molecule has 4 heterocycles. The quantitative estimate of drug-likeness (QED) is 0.258. The summed E-state index contributed by atoms with van der Waals surface area (Å²) in [4.78, 5) is 64.2. The predicted molar refractivity (Wildman–Crippen MR) is 160 cm³/mol. The van der Waals surface area contributed by atoms with E-state index in [9.17, 15) is 48.1 Å². The molecule has 3 aliphatic heterocycles. The van der Waals surface area contributed by atoms with E-state index in [1.807, 2.05) is 0 Å². The summed E-state index contributed by atoms with van der Waals surface area (Å²) in [5.41, 5.74) is -2.43. The average Bonchev–Trinajstić information content (AvgIpc) is 3.58. The highest BCUT2D eigenvalue weighted by Gasteiger charge is 2.57. The summed E-state index contributed by atoms with van der Waals surface area (Å²) >= 11 is 1.02. The number of hydrogen-bond acceptors (Lipinski definition) is 9. The van der Waals surface area contributed by atoms with E-state index in [4.69, 9.17) is 4.74 Å². The molecule has 2 aromatic carbocycles. The molecular weight excluding hydrogens is 649 g/mol. The van der Waals surface area contributed by atoms with Crippen molar-refractivity contribution in [3.05, 3.63) is 80.4 Å². The van der Waals surface area contributed by atoms with Crippen LogP contribution in [0.25, 0.3) is 16.6 Å². The minimum atomic E-state index is -1.62. The topological polar surface area (TPSA) is 179 Å². The molecule has 17 heteroatoms. The third-order valence-corrected chi connectivity index (χ3v) is 9.57. The van der Waals surface area contributed by atoms with Gasteiger partial charge in [0.2, 0.25) is 11.3 Å². The summed E-state index contributed by atoms with van der Waals surface area (Å²) in [6, 6.07) is 4.10. The Labute approximate surface area is 266 Å². The number of pyridine rings is 1. The van der Waals surface area contributed by atoms with Gasteiger partial charge in [-0.3, -0.25) is 14.5 Å². The van der Waals surface area contributed by atoms with E-state index in [1.54, 1.807) is 4.90 Å². The number of β-lactam (4-membered cyclic amide) rings is 1. The van der Waals surface area contributed by atoms with Crippen LogP contribution in [0.2, 0.25) is 0 Å². The molecule has 3 aliphatic rings. The molecule has 2 saturated heterocycles. The lowest BCUT2D eigenvalue weighted by Crippen LogP contribution is -2.60. The number of nitrogens with zero attached hydrogens (tertiary/aromatic N) is 3. The summed E-state index contributed by atoms with van der Waals surface area (Å²) in [5, 5.41) is 30.7. The Balaban J connectivity index is 1.19. The summed E-state index contributed by atoms with van der Waals surface area (Å²) in [5.74, 6) is -7.15. The van der Waals surface area contributed by atoms with Crippen LogP contribution in [0.1, 0.15) is 23.7 Å². The van der Waals surface area contributed by atoms with E-state index in [-0.39, 0.29) is 46.0 Å². The Kier molecular flexibility index (Phi) is 8.13. The van der Waals surface area contributed by atoms with Crippen molar-refractivity contribution in [1.29, 1.82) is 0 Å². The summed E-state index contributed by atoms with van der Waals surface area (Å²) < 4.78 is 50.1. The van der Waals surface area contributed by atoms with Gasteiger partial charge in [0.05, 0.1) is 39.9 Å². The molecule has 4 atom stereocenters. The van der Waals surface area contributed by atoms with Crippen LogP contribution in [0.15, 0.2) is 51.9 Å². The molecule has 1 aromatic heterocycles. The summed E-state index contributed by atoms with van der Waals surface area (Å²) in [6.45, 7) is 1.27. The highest BCUT2D eigenvalue weighted by atomic mass is 32.2. The summed E-state index contributed by atoms with van der Waals surface area (Å²) in [7, 11) is 0. The maximum Gasteiger partial charge on any atom is 0.407 e. The Morgan fingerprint density at radius 3 is 2.45 bits per heavy atom. The van der Waals surface area contributed by atoms with Gasteiger partial charge in [-0.1, -0.05) is 11.8 Å². The molecule has 6 rings (SSSR count). The largest absolute Gasteiger partial charge is 0.477 e. The van der Waals surface area contributed by atoms with Gasteiger partial charge in [0.15, 0.2) is 0 Å². The average molecular weight is 675 g/mol. The number of carboxylic acids is 2. The standard InChI is InChI=1S/C30H25F3N4O9S/c1-12(38)23-26(40)37-24(29(43)44)22(47-27(23)37)11-46-30(45)34-14-4-5-35(9-14)21-8-20-15(7-18(21)33)25(39)16(28(41)42)10-36(20)19-3-2-13(31)6-17(19)32/h2-3,6-8,10,12,14,23,27,38H,4-5,9,11H2,1H3,(H,34,45)(H,41,42)(H,43,44)/t12?,14?,23-,27?/m0/s1. The number of aliphatic hydroxyl groups is 1. The molecule has 3 aromatic rings. The first-order chi connectivity index (χ1) is 22.3. The van der Waals surface area contributed by atoms with Gasteiger partial charge in [-0.05, 0) is 37.6 Å². The highest BCUT2D eigenvalue weighted by Crippen LogP contribution is 2.50. The predicted octanol–water partition coefficient (Wildman–Crippen LogP) is 2.62. The monoisotopic (exact) mass is 674 g/mol. The maximum absolute atomic E-state index is 15.4. The number of aliphatic carboxylic acids is 1. The molecule has 3 unspecified atom stereocenters. The minimum absolute atomic E-state index is 0.0330. The first kappa shape index (κ1) is 31.9. The molecule has 0 aliphatic carbocycles. The first-order valence-electron chi connectivity index (χ1n) is 14.2. The second kappa shape index (κ2) is 12.0. The third-order valence-electron chi connectivity index (χ3n) is 8.23. The van der Waals surface area contributed by atoms with Crippen molar-refractivity contribution in [3.63, 3.8) is 0 Å². The van der Waals surface area contributed by atoms with Crippen LogP contribution in [0.3, 0.4) is 0 Å². The van der Waals surface area contributed by atoms with Gasteiger partial charge in [0, 0.05) is 30.7 Å². The number of benzene rings is 2. The van der Waals surface area contributed by atoms with E-state index in [1.165, 1.54) is 13.0 Å². The van der Waals surface area contributed by atoms with Gasteiger partial charge in [-0.2, -0.15) is 0 Å². The number of anilines is 1. The molecule has 0 radical (unpaired) electrons. The zero-order valence-corrected chi connectivity index (χ0v) is 25.1. The van der Waals surface area contributed by atoms with Crippen molar-refractivity contribution in [2.45, 2.75) is 30.9 Å². The number of aromatic nitrogens is 1. The normalized spacial score (nSPS) is 21.1. The number of alkyl carbamates (subject to hydrolysis) is 1. The Hall–Kier alpha value is -5.03. The lowest BCUT2D eigenvalue weighted by molar-refractivity contribution is -0.156. The van der Waals surface area contributed by atoms with E-state index < -0.39 is 82.4 Å². The van der Waals surface area contributed by atoms with Crippen molar-refractivity contribution in [1.82, 2.24) is 14.8 Å². The number of amides is 2. The van der Waals surface area contributed by atoms with E-state index in [0.29, 0.717) is 12.5 Å². The fourth-order valence-corrected chi connectivity index (χ4v) is 7.52. The number of fused-ring (bicyclic) bond motifs is 2. The van der Waals surface area contributed by atoms with Crippen molar-refractivity contribution >= 4 is 52.3 Å². The SMILES string of the molecule is CC(O)[C@H]1C(=O)N2C(C(=O)O)=C(COC(=O)NC3CCN(c4cc5c(cc4F)c(=O)c(C(=O)O)cn5-c4ccc(F)cc4F)C3)SC12. The second-order valence-corrected chi connectivity index (χ2v) is 12.4. The molecule has 13 nitrogen and oxygen atoms in total. The molecule has 4 N–H and O–H groups in total. The van der Waals surface area contributed by atoms with Crippen molar-refractivity contribution in [3.8, 4) is 5.69 Å². The molecule has 0 bridgehead atoms. The van der Waals surface area contributed by atoms with E-state index in [2.05, 4.69) is 5.32 Å². The molecule has 246 valence electrons. The van der Waals surface area contributed by atoms with Crippen LogP contribution >= 0.6 is 11.8 Å².